The second-order valence-corrected chi connectivity index (χ2v) is 13.1. The Morgan fingerprint density at radius 2 is 1.63 bits per heavy atom. The molecule has 8 unspecified atom stereocenters. The number of hydrogen-bond donors (Lipinski definition) is 7. The predicted octanol–water partition coefficient (Wildman–Crippen LogP) is -0.606. The van der Waals surface area contributed by atoms with Gasteiger partial charge in [-0.15, -0.1) is 0 Å². The summed E-state index contributed by atoms with van der Waals surface area (Å²) in [6.45, 7) is 13.8. The van der Waals surface area contributed by atoms with Crippen LogP contribution < -0.4 is 11.1 Å². The van der Waals surface area contributed by atoms with E-state index in [4.69, 9.17) is 29.4 Å². The standard InChI is InChI=1S/C28H52N2O13/c1-14(42-26(3,4)5)20(23(35)36)40-25(24(37)38)41-21-18(30-15(2)32)22(39-16(13-31)19(21)34)27(6,7)10-11-28(8,9)43-17(33)12-29/h14,16,18-22,24-25,31,34,37-38H,10-13,29H2,1-9H3,(H,30,32)(H,35,36). The highest BCUT2D eigenvalue weighted by Gasteiger charge is 2.53. The van der Waals surface area contributed by atoms with Gasteiger partial charge in [0.1, 0.15) is 23.9 Å². The van der Waals surface area contributed by atoms with Crippen LogP contribution in [0.2, 0.25) is 0 Å². The highest BCUT2D eigenvalue weighted by molar-refractivity contribution is 5.73. The largest absolute Gasteiger partial charge is 0.479 e. The van der Waals surface area contributed by atoms with E-state index in [1.807, 2.05) is 0 Å². The zero-order valence-corrected chi connectivity index (χ0v) is 26.6. The first-order valence-corrected chi connectivity index (χ1v) is 14.3. The van der Waals surface area contributed by atoms with Crippen LogP contribution in [0.1, 0.15) is 75.2 Å². The van der Waals surface area contributed by atoms with Crippen LogP contribution in [0.3, 0.4) is 0 Å². The summed E-state index contributed by atoms with van der Waals surface area (Å²) < 4.78 is 28.5. The fourth-order valence-electron chi connectivity index (χ4n) is 4.96. The molecule has 0 radical (unpaired) electrons. The van der Waals surface area contributed by atoms with Crippen LogP contribution in [0.25, 0.3) is 0 Å². The van der Waals surface area contributed by atoms with Gasteiger partial charge < -0.3 is 60.3 Å². The minimum atomic E-state index is -2.38. The minimum Gasteiger partial charge on any atom is -0.479 e. The Balaban J connectivity index is 3.42. The first-order valence-electron chi connectivity index (χ1n) is 14.3. The van der Waals surface area contributed by atoms with Gasteiger partial charge in [-0.2, -0.15) is 0 Å². The van der Waals surface area contributed by atoms with Crippen molar-refractivity contribution in [2.24, 2.45) is 11.1 Å². The van der Waals surface area contributed by atoms with Gasteiger partial charge in [0.15, 0.2) is 6.10 Å². The van der Waals surface area contributed by atoms with Gasteiger partial charge in [0.25, 0.3) is 0 Å². The number of amides is 1. The third kappa shape index (κ3) is 12.2. The van der Waals surface area contributed by atoms with Crippen molar-refractivity contribution in [3.63, 3.8) is 0 Å². The quantitative estimate of drug-likeness (QED) is 0.0838. The van der Waals surface area contributed by atoms with E-state index in [0.29, 0.717) is 12.8 Å². The van der Waals surface area contributed by atoms with Crippen LogP contribution in [-0.4, -0.2) is 123 Å². The molecule has 1 fully saturated rings. The van der Waals surface area contributed by atoms with E-state index in [-0.39, 0.29) is 6.54 Å². The molecule has 1 aliphatic heterocycles. The molecule has 8 N–H and O–H groups in total. The number of carboxylic acids is 1. The van der Waals surface area contributed by atoms with Gasteiger partial charge >= 0.3 is 11.9 Å². The first-order chi connectivity index (χ1) is 19.5. The topological polar surface area (TPSA) is 237 Å². The van der Waals surface area contributed by atoms with Crippen molar-refractivity contribution in [3.05, 3.63) is 0 Å². The maximum atomic E-state index is 12.3. The average molecular weight is 625 g/mol. The Morgan fingerprint density at radius 1 is 1.05 bits per heavy atom. The van der Waals surface area contributed by atoms with Crippen molar-refractivity contribution < 1.29 is 63.6 Å². The summed E-state index contributed by atoms with van der Waals surface area (Å²) in [4.78, 5) is 36.2. The minimum absolute atomic E-state index is 0.290. The number of esters is 1. The molecule has 0 aromatic carbocycles. The molecule has 0 spiro atoms. The van der Waals surface area contributed by atoms with Crippen molar-refractivity contribution in [2.45, 2.75) is 142 Å². The second kappa shape index (κ2) is 15.9. The van der Waals surface area contributed by atoms with Gasteiger partial charge in [-0.1, -0.05) is 13.8 Å². The summed E-state index contributed by atoms with van der Waals surface area (Å²) in [6.07, 6.45) is -11.8. The van der Waals surface area contributed by atoms with E-state index in [2.05, 4.69) is 5.32 Å². The Labute approximate surface area is 253 Å². The molecule has 0 bridgehead atoms. The molecule has 0 aliphatic carbocycles. The summed E-state index contributed by atoms with van der Waals surface area (Å²) in [6, 6.07) is -1.14. The van der Waals surface area contributed by atoms with Gasteiger partial charge in [-0.25, -0.2) is 4.79 Å². The van der Waals surface area contributed by atoms with Crippen LogP contribution in [0, 0.1) is 5.41 Å². The third-order valence-corrected chi connectivity index (χ3v) is 6.99. The Morgan fingerprint density at radius 3 is 2.07 bits per heavy atom. The lowest BCUT2D eigenvalue weighted by Gasteiger charge is -2.51. The van der Waals surface area contributed by atoms with E-state index in [0.717, 1.165) is 0 Å². The lowest BCUT2D eigenvalue weighted by atomic mass is 9.73. The van der Waals surface area contributed by atoms with Gasteiger partial charge in [0.2, 0.25) is 18.5 Å². The molecule has 252 valence electrons. The number of ether oxygens (including phenoxy) is 5. The number of nitrogens with two attached hydrogens (primary N) is 1. The number of carbonyl (C=O) groups excluding carboxylic acids is 2. The zero-order valence-electron chi connectivity index (χ0n) is 26.6. The molecule has 43 heavy (non-hydrogen) atoms. The molecule has 1 saturated heterocycles. The summed E-state index contributed by atoms with van der Waals surface area (Å²) in [5, 5.41) is 53.9. The maximum Gasteiger partial charge on any atom is 0.335 e. The molecule has 8 atom stereocenters. The molecule has 1 amide bonds. The molecule has 1 aliphatic rings. The molecular weight excluding hydrogens is 572 g/mol. The lowest BCUT2D eigenvalue weighted by molar-refractivity contribution is -0.323. The van der Waals surface area contributed by atoms with E-state index in [9.17, 15) is 39.9 Å². The van der Waals surface area contributed by atoms with Gasteiger partial charge in [0.05, 0.1) is 37.0 Å². The molecule has 15 heteroatoms. The van der Waals surface area contributed by atoms with Crippen LogP contribution in [-0.2, 0) is 38.1 Å². The lowest BCUT2D eigenvalue weighted by Crippen LogP contribution is -2.68. The number of aliphatic hydroxyl groups is 4. The summed E-state index contributed by atoms with van der Waals surface area (Å²) >= 11 is 0. The van der Waals surface area contributed by atoms with Gasteiger partial charge in [-0.05, 0) is 59.8 Å². The maximum absolute atomic E-state index is 12.3. The normalized spacial score (nSPS) is 25.6. The van der Waals surface area contributed by atoms with Gasteiger partial charge in [-0.3, -0.25) is 9.59 Å². The number of carbonyl (C=O) groups is 3. The molecule has 15 nitrogen and oxygen atoms in total. The van der Waals surface area contributed by atoms with E-state index >= 15 is 0 Å². The second-order valence-electron chi connectivity index (χ2n) is 13.1. The molecule has 1 rings (SSSR count). The Bertz CT molecular complexity index is 921. The molecule has 0 saturated carbocycles. The SMILES string of the molecule is CC(=O)NC1C(OC(OC(C(=O)O)C(C)OC(C)(C)C)C(O)O)C(O)C(CO)OC1C(C)(C)CCC(C)(C)OC(=O)CN. The van der Waals surface area contributed by atoms with Crippen LogP contribution in [0.5, 0.6) is 0 Å². The van der Waals surface area contributed by atoms with E-state index in [1.165, 1.54) is 13.8 Å². The monoisotopic (exact) mass is 624 g/mol. The molecule has 0 aromatic rings. The van der Waals surface area contributed by atoms with Crippen molar-refractivity contribution in [1.82, 2.24) is 5.32 Å². The highest BCUT2D eigenvalue weighted by atomic mass is 16.7. The number of aliphatic carboxylic acids is 1. The summed E-state index contributed by atoms with van der Waals surface area (Å²) in [7, 11) is 0. The van der Waals surface area contributed by atoms with E-state index < -0.39 is 96.3 Å². The Kier molecular flexibility index (Phi) is 14.4. The summed E-state index contributed by atoms with van der Waals surface area (Å²) in [5.41, 5.74) is 2.87. The number of carboxylic acid groups (broad SMARTS) is 1. The fourth-order valence-corrected chi connectivity index (χ4v) is 4.96. The Hall–Kier alpha value is -1.95. The number of rotatable bonds is 16. The predicted molar refractivity (Wildman–Crippen MR) is 151 cm³/mol. The van der Waals surface area contributed by atoms with Crippen molar-refractivity contribution >= 4 is 17.8 Å². The molecule has 1 heterocycles. The van der Waals surface area contributed by atoms with E-state index in [1.54, 1.807) is 48.5 Å². The van der Waals surface area contributed by atoms with Crippen molar-refractivity contribution in [2.75, 3.05) is 13.2 Å². The highest BCUT2D eigenvalue weighted by Crippen LogP contribution is 2.40. The summed E-state index contributed by atoms with van der Waals surface area (Å²) in [5.74, 6) is -2.59. The van der Waals surface area contributed by atoms with Crippen molar-refractivity contribution in [3.8, 4) is 0 Å². The molecular formula is C28H52N2O13. The van der Waals surface area contributed by atoms with Gasteiger partial charge in [0, 0.05) is 6.92 Å². The fraction of sp³-hybridized carbons (Fsp3) is 0.893. The number of hydrogen-bond acceptors (Lipinski definition) is 13. The first kappa shape index (κ1) is 39.1. The smallest absolute Gasteiger partial charge is 0.335 e. The number of nitrogens with one attached hydrogen (secondary N) is 1. The number of aliphatic hydroxyl groups excluding tert-OH is 3. The zero-order chi connectivity index (χ0) is 33.5. The van der Waals surface area contributed by atoms with Crippen LogP contribution in [0.4, 0.5) is 0 Å². The van der Waals surface area contributed by atoms with Crippen molar-refractivity contribution in [1.29, 1.82) is 0 Å². The molecule has 0 aromatic heterocycles. The van der Waals surface area contributed by atoms with Crippen LogP contribution in [0.15, 0.2) is 0 Å². The average Bonchev–Trinajstić information content (AvgIpc) is 2.84. The van der Waals surface area contributed by atoms with Crippen LogP contribution >= 0.6 is 0 Å². The third-order valence-electron chi connectivity index (χ3n) is 6.99.